The molecule has 42 heavy (non-hydrogen) atoms. The molecule has 1 aliphatic carbocycles. The number of phenols is 2. The third-order valence-electron chi connectivity index (χ3n) is 9.19. The summed E-state index contributed by atoms with van der Waals surface area (Å²) in [5.74, 6) is 2.36. The molecule has 0 radical (unpaired) electrons. The molecule has 4 aromatic carbocycles. The highest BCUT2D eigenvalue weighted by Gasteiger charge is 2.31. The van der Waals surface area contributed by atoms with Crippen LogP contribution in [0.1, 0.15) is 45.5 Å². The van der Waals surface area contributed by atoms with E-state index in [1.165, 1.54) is 27.8 Å². The van der Waals surface area contributed by atoms with Crippen LogP contribution in [0.5, 0.6) is 34.5 Å². The lowest BCUT2D eigenvalue weighted by atomic mass is 9.78. The molecule has 3 aliphatic rings. The standard InChI is InChI=1S/C35H36N2O5/c1-37-12-10-21-16-33(40-2)30(38)18-27(21)29(37)15-23-17-34(41-3)31(39)19-32(23)42-24-7-8-25-22(13-24)14-28-35-20(9-11-36-28)5-4-6-26(25)35/h4-8,13,16-19,28-29,36,38-39H,9-12,14-15H2,1-3H3/t28-,29-/m0/s1. The van der Waals surface area contributed by atoms with Crippen molar-refractivity contribution in [3.8, 4) is 45.6 Å². The maximum Gasteiger partial charge on any atom is 0.161 e. The molecule has 7 rings (SSSR count). The fourth-order valence-corrected chi connectivity index (χ4v) is 7.04. The smallest absolute Gasteiger partial charge is 0.161 e. The molecule has 3 N–H and O–H groups in total. The summed E-state index contributed by atoms with van der Waals surface area (Å²) in [5, 5.41) is 25.0. The predicted molar refractivity (Wildman–Crippen MR) is 162 cm³/mol. The first kappa shape index (κ1) is 26.7. The number of hydrogen-bond donors (Lipinski definition) is 3. The number of hydrogen-bond acceptors (Lipinski definition) is 7. The minimum Gasteiger partial charge on any atom is -0.504 e. The molecule has 216 valence electrons. The van der Waals surface area contributed by atoms with Gasteiger partial charge in [-0.05, 0) is 109 Å². The van der Waals surface area contributed by atoms with Crippen molar-refractivity contribution in [2.45, 2.75) is 37.8 Å². The normalized spacial score (nSPS) is 18.9. The number of methoxy groups -OCH3 is 2. The first-order chi connectivity index (χ1) is 20.4. The first-order valence-corrected chi connectivity index (χ1v) is 14.6. The summed E-state index contributed by atoms with van der Waals surface area (Å²) in [4.78, 5) is 2.29. The van der Waals surface area contributed by atoms with Crippen molar-refractivity contribution in [3.63, 3.8) is 0 Å². The second-order valence-corrected chi connectivity index (χ2v) is 11.6. The quantitative estimate of drug-likeness (QED) is 0.261. The molecule has 4 aromatic rings. The van der Waals surface area contributed by atoms with Gasteiger partial charge in [-0.15, -0.1) is 0 Å². The van der Waals surface area contributed by atoms with Crippen LogP contribution in [0, 0.1) is 0 Å². The summed E-state index contributed by atoms with van der Waals surface area (Å²) in [6, 6.07) is 20.5. The van der Waals surface area contributed by atoms with Crippen molar-refractivity contribution in [1.29, 1.82) is 0 Å². The number of likely N-dealkylation sites (N-methyl/N-ethyl adjacent to an activating group) is 1. The lowest BCUT2D eigenvalue weighted by Crippen LogP contribution is -2.33. The Balaban J connectivity index is 1.24. The molecule has 0 aromatic heterocycles. The van der Waals surface area contributed by atoms with Gasteiger partial charge in [-0.1, -0.05) is 24.3 Å². The minimum absolute atomic E-state index is 0.00578. The van der Waals surface area contributed by atoms with Gasteiger partial charge in [0.1, 0.15) is 11.5 Å². The SMILES string of the molecule is COc1cc(C[C@H]2c3cc(O)c(OC)cc3CCN2C)c(Oc2ccc3c(c2)C[C@@H]2NCCc4cccc-3c42)cc1O. The number of aromatic hydroxyl groups is 2. The maximum absolute atomic E-state index is 10.7. The Bertz CT molecular complexity index is 1680. The topological polar surface area (TPSA) is 83.4 Å². The Morgan fingerprint density at radius 2 is 1.64 bits per heavy atom. The van der Waals surface area contributed by atoms with Gasteiger partial charge in [0.2, 0.25) is 0 Å². The molecule has 0 bridgehead atoms. The zero-order valence-electron chi connectivity index (χ0n) is 24.2. The monoisotopic (exact) mass is 564 g/mol. The van der Waals surface area contributed by atoms with E-state index in [2.05, 4.69) is 47.6 Å². The van der Waals surface area contributed by atoms with E-state index >= 15 is 0 Å². The first-order valence-electron chi connectivity index (χ1n) is 14.6. The maximum atomic E-state index is 10.7. The molecule has 0 spiro atoms. The summed E-state index contributed by atoms with van der Waals surface area (Å²) in [7, 11) is 5.22. The average Bonchev–Trinajstić information content (AvgIpc) is 2.99. The van der Waals surface area contributed by atoms with Gasteiger partial charge in [-0.3, -0.25) is 4.90 Å². The van der Waals surface area contributed by atoms with Gasteiger partial charge in [-0.2, -0.15) is 0 Å². The van der Waals surface area contributed by atoms with Crippen LogP contribution in [-0.2, 0) is 25.7 Å². The number of nitrogens with one attached hydrogen (secondary N) is 1. The van der Waals surface area contributed by atoms with Gasteiger partial charge in [-0.25, -0.2) is 0 Å². The molecule has 0 saturated heterocycles. The third kappa shape index (κ3) is 4.53. The summed E-state index contributed by atoms with van der Waals surface area (Å²) >= 11 is 0. The Morgan fingerprint density at radius 3 is 2.48 bits per heavy atom. The van der Waals surface area contributed by atoms with Crippen LogP contribution in [0.25, 0.3) is 11.1 Å². The van der Waals surface area contributed by atoms with Crippen LogP contribution in [-0.4, -0.2) is 49.5 Å². The van der Waals surface area contributed by atoms with Gasteiger partial charge in [0.25, 0.3) is 0 Å². The summed E-state index contributed by atoms with van der Waals surface area (Å²) in [6.45, 7) is 1.87. The summed E-state index contributed by atoms with van der Waals surface area (Å²) < 4.78 is 17.4. The van der Waals surface area contributed by atoms with Gasteiger partial charge >= 0.3 is 0 Å². The highest BCUT2D eigenvalue weighted by atomic mass is 16.5. The van der Waals surface area contributed by atoms with Crippen molar-refractivity contribution < 1.29 is 24.4 Å². The van der Waals surface area contributed by atoms with E-state index in [4.69, 9.17) is 14.2 Å². The lowest BCUT2D eigenvalue weighted by Gasteiger charge is -2.35. The highest BCUT2D eigenvalue weighted by Crippen LogP contribution is 2.45. The van der Waals surface area contributed by atoms with E-state index in [0.29, 0.717) is 29.7 Å². The van der Waals surface area contributed by atoms with E-state index in [9.17, 15) is 10.2 Å². The Hall–Kier alpha value is -4.20. The molecule has 2 atom stereocenters. The Labute approximate surface area is 246 Å². The molecular weight excluding hydrogens is 528 g/mol. The lowest BCUT2D eigenvalue weighted by molar-refractivity contribution is 0.227. The number of ether oxygens (including phenoxy) is 3. The molecule has 0 saturated carbocycles. The second kappa shape index (κ2) is 10.6. The molecule has 0 fully saturated rings. The van der Waals surface area contributed by atoms with Gasteiger partial charge in [0.15, 0.2) is 23.0 Å². The molecule has 0 amide bonds. The average molecular weight is 565 g/mol. The van der Waals surface area contributed by atoms with Gasteiger partial charge in [0, 0.05) is 30.3 Å². The Kier molecular flexibility index (Phi) is 6.72. The van der Waals surface area contributed by atoms with Crippen LogP contribution in [0.15, 0.2) is 60.7 Å². The molecular formula is C35H36N2O5. The third-order valence-corrected chi connectivity index (χ3v) is 9.19. The molecule has 2 heterocycles. The van der Waals surface area contributed by atoms with Gasteiger partial charge < -0.3 is 29.7 Å². The molecule has 7 heteroatoms. The number of nitrogens with zero attached hydrogens (tertiary/aromatic N) is 1. The van der Waals surface area contributed by atoms with Crippen LogP contribution in [0.3, 0.4) is 0 Å². The fraction of sp³-hybridized carbons (Fsp3) is 0.314. The highest BCUT2D eigenvalue weighted by molar-refractivity contribution is 5.76. The zero-order valence-corrected chi connectivity index (χ0v) is 24.2. The summed E-state index contributed by atoms with van der Waals surface area (Å²) in [5.41, 5.74) is 9.83. The number of rotatable bonds is 6. The Morgan fingerprint density at radius 1 is 0.833 bits per heavy atom. The molecule has 0 unspecified atom stereocenters. The van der Waals surface area contributed by atoms with Crippen molar-refractivity contribution in [2.24, 2.45) is 0 Å². The zero-order chi connectivity index (χ0) is 29.0. The van der Waals surface area contributed by atoms with E-state index in [0.717, 1.165) is 54.8 Å². The van der Waals surface area contributed by atoms with Crippen LogP contribution >= 0.6 is 0 Å². The van der Waals surface area contributed by atoms with Crippen molar-refractivity contribution in [3.05, 3.63) is 94.0 Å². The van der Waals surface area contributed by atoms with E-state index in [1.807, 2.05) is 24.3 Å². The number of phenolic OH excluding ortho intramolecular Hbond substituents is 2. The molecule has 2 aliphatic heterocycles. The van der Waals surface area contributed by atoms with E-state index < -0.39 is 0 Å². The van der Waals surface area contributed by atoms with Crippen LogP contribution < -0.4 is 19.5 Å². The number of fused-ring (bicyclic) bond motifs is 3. The summed E-state index contributed by atoms with van der Waals surface area (Å²) in [6.07, 6.45) is 3.45. The fourth-order valence-electron chi connectivity index (χ4n) is 7.04. The largest absolute Gasteiger partial charge is 0.504 e. The minimum atomic E-state index is -0.00578. The van der Waals surface area contributed by atoms with Crippen molar-refractivity contribution >= 4 is 0 Å². The number of benzene rings is 4. The predicted octanol–water partition coefficient (Wildman–Crippen LogP) is 6.09. The second-order valence-electron chi connectivity index (χ2n) is 11.6. The van der Waals surface area contributed by atoms with Crippen molar-refractivity contribution in [1.82, 2.24) is 10.2 Å². The van der Waals surface area contributed by atoms with Crippen LogP contribution in [0.2, 0.25) is 0 Å². The molecule has 7 nitrogen and oxygen atoms in total. The van der Waals surface area contributed by atoms with E-state index in [1.54, 1.807) is 20.3 Å². The van der Waals surface area contributed by atoms with E-state index in [-0.39, 0.29) is 17.5 Å². The van der Waals surface area contributed by atoms with Crippen LogP contribution in [0.4, 0.5) is 0 Å². The van der Waals surface area contributed by atoms with Gasteiger partial charge in [0.05, 0.1) is 14.2 Å². The van der Waals surface area contributed by atoms with Crippen molar-refractivity contribution in [2.75, 3.05) is 34.4 Å².